The molecule has 21 heavy (non-hydrogen) atoms. The van der Waals surface area contributed by atoms with Crippen LogP contribution in [0, 0.1) is 0 Å². The third-order valence-corrected chi connectivity index (χ3v) is 5.88. The number of hydrogen-bond acceptors (Lipinski definition) is 6. The molecule has 0 radical (unpaired) electrons. The first-order valence-corrected chi connectivity index (χ1v) is 10.1. The highest BCUT2D eigenvalue weighted by molar-refractivity contribution is 7.91. The molecule has 1 atom stereocenters. The molecule has 0 saturated carbocycles. The molecular weight excluding hydrogens is 314 g/mol. The summed E-state index contributed by atoms with van der Waals surface area (Å²) in [6, 6.07) is 5.21. The molecule has 1 aromatic rings. The highest BCUT2D eigenvalue weighted by Crippen LogP contribution is 2.17. The van der Waals surface area contributed by atoms with Crippen molar-refractivity contribution in [3.05, 3.63) is 24.3 Å². The van der Waals surface area contributed by atoms with Crippen molar-refractivity contribution in [3.63, 3.8) is 0 Å². The summed E-state index contributed by atoms with van der Waals surface area (Å²) in [5, 5.41) is 0. The van der Waals surface area contributed by atoms with Gasteiger partial charge in [-0.2, -0.15) is 0 Å². The van der Waals surface area contributed by atoms with Gasteiger partial charge in [0, 0.05) is 19.4 Å². The number of rotatable bonds is 8. The number of hydrogen-bond donors (Lipinski definition) is 1. The third kappa shape index (κ3) is 5.39. The van der Waals surface area contributed by atoms with Gasteiger partial charge in [0.2, 0.25) is 0 Å². The van der Waals surface area contributed by atoms with Crippen molar-refractivity contribution >= 4 is 19.7 Å². The highest BCUT2D eigenvalue weighted by atomic mass is 32.2. The van der Waals surface area contributed by atoms with E-state index in [2.05, 4.69) is 0 Å². The molecule has 0 bridgehead atoms. The molecule has 8 heteroatoms. The zero-order chi connectivity index (χ0) is 16.1. The molecule has 0 fully saturated rings. The highest BCUT2D eigenvalue weighted by Gasteiger charge is 2.18. The van der Waals surface area contributed by atoms with Gasteiger partial charge in [-0.15, -0.1) is 0 Å². The summed E-state index contributed by atoms with van der Waals surface area (Å²) in [5.74, 6) is -0.0902. The van der Waals surface area contributed by atoms with Gasteiger partial charge in [-0.05, 0) is 37.6 Å². The normalized spacial score (nSPS) is 14.0. The second-order valence-corrected chi connectivity index (χ2v) is 8.79. The lowest BCUT2D eigenvalue weighted by Gasteiger charge is -2.14. The first kappa shape index (κ1) is 18.1. The van der Waals surface area contributed by atoms with E-state index in [1.807, 2.05) is 6.92 Å². The Morgan fingerprint density at radius 1 is 1.10 bits per heavy atom. The molecule has 1 rings (SSSR count). The van der Waals surface area contributed by atoms with Crippen LogP contribution in [0.2, 0.25) is 0 Å². The van der Waals surface area contributed by atoms with Crippen LogP contribution in [0.15, 0.2) is 34.1 Å². The largest absolute Gasteiger partial charge is 0.377 e. The summed E-state index contributed by atoms with van der Waals surface area (Å²) >= 11 is 0. The fourth-order valence-corrected chi connectivity index (χ4v) is 3.79. The zero-order valence-electron chi connectivity index (χ0n) is 12.2. The minimum Gasteiger partial charge on any atom is -0.377 e. The average molecular weight is 335 g/mol. The zero-order valence-corrected chi connectivity index (χ0v) is 13.8. The predicted molar refractivity (Wildman–Crippen MR) is 80.7 cm³/mol. The van der Waals surface area contributed by atoms with Crippen molar-refractivity contribution in [1.82, 2.24) is 0 Å². The maximum atomic E-state index is 12.2. The monoisotopic (exact) mass is 335 g/mol. The molecule has 120 valence electrons. The Labute approximate surface area is 126 Å². The summed E-state index contributed by atoms with van der Waals surface area (Å²) in [6.07, 6.45) is 1.09. The summed E-state index contributed by atoms with van der Waals surface area (Å²) in [6.45, 7) is 2.56. The lowest BCUT2D eigenvalue weighted by atomic mass is 10.3. The molecule has 0 aliphatic carbocycles. The smallest absolute Gasteiger partial charge is 0.178 e. The van der Waals surface area contributed by atoms with E-state index in [9.17, 15) is 16.8 Å². The standard InChI is InChI=1S/C13H21NO5S2/c1-3-19-11(10-14)8-9-21(17,18)13-6-4-12(5-7-13)20(2,15)16/h4-7,11H,3,8-10,14H2,1-2H3. The van der Waals surface area contributed by atoms with Gasteiger partial charge < -0.3 is 10.5 Å². The maximum absolute atomic E-state index is 12.2. The van der Waals surface area contributed by atoms with Crippen LogP contribution in [-0.4, -0.2) is 48.1 Å². The average Bonchev–Trinajstić information content (AvgIpc) is 2.42. The Morgan fingerprint density at radius 2 is 1.62 bits per heavy atom. The number of ether oxygens (including phenoxy) is 1. The molecule has 0 spiro atoms. The Kier molecular flexibility index (Phi) is 6.33. The van der Waals surface area contributed by atoms with Gasteiger partial charge >= 0.3 is 0 Å². The molecule has 1 aromatic carbocycles. The van der Waals surface area contributed by atoms with Gasteiger partial charge in [0.05, 0.1) is 21.6 Å². The number of benzene rings is 1. The van der Waals surface area contributed by atoms with E-state index in [1.54, 1.807) is 0 Å². The van der Waals surface area contributed by atoms with E-state index < -0.39 is 19.7 Å². The Bertz CT molecular complexity index is 650. The molecule has 0 amide bonds. The van der Waals surface area contributed by atoms with E-state index >= 15 is 0 Å². The van der Waals surface area contributed by atoms with Crippen LogP contribution in [0.5, 0.6) is 0 Å². The minimum absolute atomic E-state index is 0.0902. The van der Waals surface area contributed by atoms with Crippen LogP contribution in [0.4, 0.5) is 0 Å². The van der Waals surface area contributed by atoms with Gasteiger partial charge in [0.25, 0.3) is 0 Å². The molecule has 0 aliphatic rings. The molecule has 2 N–H and O–H groups in total. The Hall–Kier alpha value is -0.960. The maximum Gasteiger partial charge on any atom is 0.178 e. The summed E-state index contributed by atoms with van der Waals surface area (Å²) in [7, 11) is -6.81. The quantitative estimate of drug-likeness (QED) is 0.747. The van der Waals surface area contributed by atoms with E-state index in [0.717, 1.165) is 6.26 Å². The summed E-state index contributed by atoms with van der Waals surface area (Å²) < 4.78 is 52.3. The Morgan fingerprint density at radius 3 is 2.05 bits per heavy atom. The lowest BCUT2D eigenvalue weighted by molar-refractivity contribution is 0.0671. The predicted octanol–water partition coefficient (Wildman–Crippen LogP) is 0.618. The Balaban J connectivity index is 2.84. The van der Waals surface area contributed by atoms with Crippen molar-refractivity contribution in [2.75, 3.05) is 25.2 Å². The first-order chi connectivity index (χ1) is 9.70. The van der Waals surface area contributed by atoms with Gasteiger partial charge in [-0.1, -0.05) is 0 Å². The fraction of sp³-hybridized carbons (Fsp3) is 0.538. The van der Waals surface area contributed by atoms with Gasteiger partial charge in [-0.25, -0.2) is 16.8 Å². The minimum atomic E-state index is -3.48. The molecular formula is C13H21NO5S2. The van der Waals surface area contributed by atoms with E-state index in [4.69, 9.17) is 10.5 Å². The van der Waals surface area contributed by atoms with Gasteiger partial charge in [0.1, 0.15) is 0 Å². The van der Waals surface area contributed by atoms with Crippen LogP contribution >= 0.6 is 0 Å². The van der Waals surface area contributed by atoms with Crippen molar-refractivity contribution in [3.8, 4) is 0 Å². The number of sulfone groups is 2. The molecule has 1 unspecified atom stereocenters. The van der Waals surface area contributed by atoms with Gasteiger partial charge in [0.15, 0.2) is 19.7 Å². The summed E-state index contributed by atoms with van der Waals surface area (Å²) in [5.41, 5.74) is 5.51. The third-order valence-electron chi connectivity index (χ3n) is 2.98. The van der Waals surface area contributed by atoms with E-state index in [1.165, 1.54) is 24.3 Å². The molecule has 0 saturated heterocycles. The second-order valence-electron chi connectivity index (χ2n) is 4.66. The molecule has 0 heterocycles. The molecule has 0 aliphatic heterocycles. The van der Waals surface area contributed by atoms with Crippen molar-refractivity contribution in [2.45, 2.75) is 29.2 Å². The van der Waals surface area contributed by atoms with Crippen molar-refractivity contribution in [2.24, 2.45) is 5.73 Å². The van der Waals surface area contributed by atoms with Crippen LogP contribution < -0.4 is 5.73 Å². The van der Waals surface area contributed by atoms with E-state index in [0.29, 0.717) is 13.0 Å². The van der Waals surface area contributed by atoms with Crippen LogP contribution in [0.25, 0.3) is 0 Å². The van der Waals surface area contributed by atoms with Gasteiger partial charge in [-0.3, -0.25) is 0 Å². The van der Waals surface area contributed by atoms with Crippen LogP contribution in [0.3, 0.4) is 0 Å². The first-order valence-electron chi connectivity index (χ1n) is 6.55. The van der Waals surface area contributed by atoms with Crippen molar-refractivity contribution < 1.29 is 21.6 Å². The lowest BCUT2D eigenvalue weighted by Crippen LogP contribution is -2.26. The second kappa shape index (κ2) is 7.35. The van der Waals surface area contributed by atoms with Crippen molar-refractivity contribution in [1.29, 1.82) is 0 Å². The summed E-state index contributed by atoms with van der Waals surface area (Å²) in [4.78, 5) is 0.192. The van der Waals surface area contributed by atoms with E-state index in [-0.39, 0.29) is 28.2 Å². The number of nitrogens with two attached hydrogens (primary N) is 1. The molecule has 6 nitrogen and oxygen atoms in total. The molecule has 0 aromatic heterocycles. The fourth-order valence-electron chi connectivity index (χ4n) is 1.80. The SMILES string of the molecule is CCOC(CN)CCS(=O)(=O)c1ccc(S(C)(=O)=O)cc1. The van der Waals surface area contributed by atoms with Crippen LogP contribution in [-0.2, 0) is 24.4 Å². The topological polar surface area (TPSA) is 104 Å². The van der Waals surface area contributed by atoms with Crippen LogP contribution in [0.1, 0.15) is 13.3 Å².